The van der Waals surface area contributed by atoms with Crippen LogP contribution in [0.5, 0.6) is 0 Å². The van der Waals surface area contributed by atoms with E-state index in [4.69, 9.17) is 8.85 Å². The van der Waals surface area contributed by atoms with Gasteiger partial charge in [-0.25, -0.2) is 0 Å². The zero-order chi connectivity index (χ0) is 18.0. The summed E-state index contributed by atoms with van der Waals surface area (Å²) >= 11 is 0. The van der Waals surface area contributed by atoms with Crippen LogP contribution in [0.4, 0.5) is 0 Å². The molecule has 22 heavy (non-hydrogen) atoms. The van der Waals surface area contributed by atoms with Gasteiger partial charge in [0.1, 0.15) is 0 Å². The molecule has 0 bridgehead atoms. The molecule has 0 aromatic heterocycles. The maximum Gasteiger partial charge on any atom is 0.217 e. The summed E-state index contributed by atoms with van der Waals surface area (Å²) in [4.78, 5) is 0. The van der Waals surface area contributed by atoms with E-state index in [1.165, 1.54) is 0 Å². The Balaban J connectivity index is 5.73. The van der Waals surface area contributed by atoms with Crippen molar-refractivity contribution in [3.63, 3.8) is 0 Å². The maximum absolute atomic E-state index is 7.03. The van der Waals surface area contributed by atoms with Gasteiger partial charge in [-0.05, 0) is 58.9 Å². The molecule has 1 unspecified atom stereocenters. The van der Waals surface area contributed by atoms with E-state index in [-0.39, 0.29) is 10.4 Å². The van der Waals surface area contributed by atoms with Crippen LogP contribution in [0.1, 0.15) is 47.0 Å². The van der Waals surface area contributed by atoms with Crippen LogP contribution in [0.2, 0.25) is 52.4 Å². The van der Waals surface area contributed by atoms with Crippen molar-refractivity contribution >= 4 is 24.7 Å². The SMILES string of the molecule is CCC(C)(O[Si](C)(C)C(CC)(CC)O[Si](C)(C)C)[Si](C)(C)C. The summed E-state index contributed by atoms with van der Waals surface area (Å²) in [7, 11) is -5.04. The maximum atomic E-state index is 7.03. The number of hydrogen-bond acceptors (Lipinski definition) is 2. The Hall–Kier alpha value is 0.571. The fourth-order valence-corrected chi connectivity index (χ4v) is 12.9. The molecule has 2 nitrogen and oxygen atoms in total. The lowest BCUT2D eigenvalue weighted by Gasteiger charge is -2.53. The second-order valence-electron chi connectivity index (χ2n) is 9.36. The summed E-state index contributed by atoms with van der Waals surface area (Å²) in [5, 5.41) is -0.0331. The summed E-state index contributed by atoms with van der Waals surface area (Å²) < 4.78 is 13.8. The van der Waals surface area contributed by atoms with Crippen LogP contribution < -0.4 is 0 Å². The number of hydrogen-bond donors (Lipinski definition) is 0. The fourth-order valence-electron chi connectivity index (χ4n) is 3.37. The van der Waals surface area contributed by atoms with Crippen molar-refractivity contribution in [1.82, 2.24) is 0 Å². The Kier molecular flexibility index (Phi) is 7.40. The molecule has 0 saturated heterocycles. The first-order valence-corrected chi connectivity index (χ1v) is 18.8. The van der Waals surface area contributed by atoms with Gasteiger partial charge in [-0.1, -0.05) is 40.4 Å². The minimum Gasteiger partial charge on any atom is -0.412 e. The molecule has 0 N–H and O–H groups in total. The van der Waals surface area contributed by atoms with Crippen molar-refractivity contribution in [2.45, 2.75) is 110 Å². The first-order valence-electron chi connectivity index (χ1n) is 9.00. The molecule has 0 aromatic carbocycles. The highest BCUT2D eigenvalue weighted by molar-refractivity contribution is 6.82. The molecule has 0 amide bonds. The van der Waals surface area contributed by atoms with E-state index in [1.54, 1.807) is 0 Å². The fraction of sp³-hybridized carbons (Fsp3) is 1.00. The molecule has 0 rings (SSSR count). The predicted octanol–water partition coefficient (Wildman–Crippen LogP) is 6.20. The van der Waals surface area contributed by atoms with E-state index in [0.29, 0.717) is 0 Å². The molecule has 0 saturated carbocycles. The minimum atomic E-state index is -2.01. The van der Waals surface area contributed by atoms with Gasteiger partial charge in [-0.3, -0.25) is 0 Å². The summed E-state index contributed by atoms with van der Waals surface area (Å²) in [5.74, 6) is 0. The highest BCUT2D eigenvalue weighted by atomic mass is 28.4. The average Bonchev–Trinajstić information content (AvgIpc) is 2.32. The minimum absolute atomic E-state index is 0.0289. The normalized spacial score (nSPS) is 17.5. The molecule has 0 aromatic rings. The van der Waals surface area contributed by atoms with Gasteiger partial charge >= 0.3 is 0 Å². The standard InChI is InChI=1S/C17H42O2Si3/c1-13-16(4,20(5,6)7)18-22(11,12)17(14-2,15-3)19-21(8,9)10/h13-15H2,1-12H3. The molecule has 1 atom stereocenters. The molecule has 0 radical (unpaired) electrons. The van der Waals surface area contributed by atoms with Crippen molar-refractivity contribution in [2.24, 2.45) is 0 Å². The first kappa shape index (κ1) is 22.6. The highest BCUT2D eigenvalue weighted by Gasteiger charge is 2.53. The molecule has 5 heteroatoms. The van der Waals surface area contributed by atoms with E-state index < -0.39 is 24.7 Å². The van der Waals surface area contributed by atoms with Gasteiger partial charge in [0.2, 0.25) is 8.32 Å². The molecule has 0 spiro atoms. The highest BCUT2D eigenvalue weighted by Crippen LogP contribution is 2.40. The first-order chi connectivity index (χ1) is 9.60. The van der Waals surface area contributed by atoms with Crippen LogP contribution in [0.3, 0.4) is 0 Å². The van der Waals surface area contributed by atoms with Crippen molar-refractivity contribution < 1.29 is 8.85 Å². The van der Waals surface area contributed by atoms with E-state index in [0.717, 1.165) is 19.3 Å². The zero-order valence-electron chi connectivity index (χ0n) is 17.4. The van der Waals surface area contributed by atoms with E-state index in [1.807, 2.05) is 0 Å². The Labute approximate surface area is 143 Å². The van der Waals surface area contributed by atoms with Gasteiger partial charge in [-0.2, -0.15) is 0 Å². The third kappa shape index (κ3) is 5.03. The van der Waals surface area contributed by atoms with Crippen molar-refractivity contribution in [2.75, 3.05) is 0 Å². The Morgan fingerprint density at radius 1 is 0.682 bits per heavy atom. The Morgan fingerprint density at radius 3 is 1.32 bits per heavy atom. The number of rotatable bonds is 9. The van der Waals surface area contributed by atoms with Crippen LogP contribution in [-0.2, 0) is 8.85 Å². The second kappa shape index (κ2) is 7.21. The molecule has 0 fully saturated rings. The molecule has 0 aliphatic carbocycles. The van der Waals surface area contributed by atoms with Crippen molar-refractivity contribution in [3.8, 4) is 0 Å². The zero-order valence-corrected chi connectivity index (χ0v) is 20.4. The molecular formula is C17H42O2Si3. The third-order valence-electron chi connectivity index (χ3n) is 5.48. The van der Waals surface area contributed by atoms with Crippen LogP contribution in [0.25, 0.3) is 0 Å². The topological polar surface area (TPSA) is 18.5 Å². The quantitative estimate of drug-likeness (QED) is 0.454. The van der Waals surface area contributed by atoms with Crippen molar-refractivity contribution in [3.05, 3.63) is 0 Å². The predicted molar refractivity (Wildman–Crippen MR) is 108 cm³/mol. The molecule has 0 heterocycles. The smallest absolute Gasteiger partial charge is 0.217 e. The van der Waals surface area contributed by atoms with E-state index in [9.17, 15) is 0 Å². The summed E-state index contributed by atoms with van der Waals surface area (Å²) in [6.45, 7) is 28.1. The van der Waals surface area contributed by atoms with Gasteiger partial charge in [0, 0.05) is 5.22 Å². The lowest BCUT2D eigenvalue weighted by Crippen LogP contribution is -2.67. The van der Waals surface area contributed by atoms with Crippen LogP contribution in [-0.4, -0.2) is 35.2 Å². The van der Waals surface area contributed by atoms with Crippen LogP contribution >= 0.6 is 0 Å². The Morgan fingerprint density at radius 2 is 1.09 bits per heavy atom. The average molecular weight is 363 g/mol. The second-order valence-corrected chi connectivity index (χ2v) is 23.5. The van der Waals surface area contributed by atoms with E-state index >= 15 is 0 Å². The lowest BCUT2D eigenvalue weighted by molar-refractivity contribution is 0.0630. The third-order valence-corrected chi connectivity index (χ3v) is 14.5. The molecule has 0 aliphatic rings. The lowest BCUT2D eigenvalue weighted by atomic mass is 10.2. The van der Waals surface area contributed by atoms with Crippen LogP contribution in [0.15, 0.2) is 0 Å². The van der Waals surface area contributed by atoms with Crippen molar-refractivity contribution in [1.29, 1.82) is 0 Å². The van der Waals surface area contributed by atoms with Gasteiger partial charge in [0.25, 0.3) is 0 Å². The van der Waals surface area contributed by atoms with Gasteiger partial charge in [-0.15, -0.1) is 0 Å². The van der Waals surface area contributed by atoms with Gasteiger partial charge < -0.3 is 8.85 Å². The monoisotopic (exact) mass is 362 g/mol. The van der Waals surface area contributed by atoms with E-state index in [2.05, 4.69) is 80.1 Å². The largest absolute Gasteiger partial charge is 0.412 e. The summed E-state index contributed by atoms with van der Waals surface area (Å²) in [6.07, 6.45) is 3.20. The Bertz CT molecular complexity index is 352. The van der Waals surface area contributed by atoms with Gasteiger partial charge in [0.05, 0.1) is 13.3 Å². The molecular weight excluding hydrogens is 320 g/mol. The molecule has 134 valence electrons. The molecule has 0 aliphatic heterocycles. The summed E-state index contributed by atoms with van der Waals surface area (Å²) in [6, 6.07) is 0. The van der Waals surface area contributed by atoms with Gasteiger partial charge in [0.15, 0.2) is 8.32 Å². The van der Waals surface area contributed by atoms with Crippen LogP contribution in [0, 0.1) is 0 Å². The summed E-state index contributed by atoms with van der Waals surface area (Å²) in [5.41, 5.74) is 0.